The predicted octanol–water partition coefficient (Wildman–Crippen LogP) is 3.63. The van der Waals surface area contributed by atoms with Crippen LogP contribution < -0.4 is 5.32 Å². The highest BCUT2D eigenvalue weighted by molar-refractivity contribution is 6.32. The van der Waals surface area contributed by atoms with Gasteiger partial charge in [-0.1, -0.05) is 32.4 Å². The molecule has 1 aromatic rings. The summed E-state index contributed by atoms with van der Waals surface area (Å²) in [5.74, 6) is 1.10. The molecule has 1 N–H and O–H groups in total. The molecule has 0 saturated heterocycles. The lowest BCUT2D eigenvalue weighted by Crippen LogP contribution is -2.37. The second-order valence-corrected chi connectivity index (χ2v) is 4.77. The molecule has 0 saturated carbocycles. The van der Waals surface area contributed by atoms with E-state index in [4.69, 9.17) is 11.6 Å². The first-order valence-corrected chi connectivity index (χ1v) is 6.67. The number of anilines is 1. The van der Waals surface area contributed by atoms with Crippen molar-refractivity contribution >= 4 is 23.7 Å². The minimum atomic E-state index is -0.0537. The van der Waals surface area contributed by atoms with Crippen LogP contribution in [0.5, 0.6) is 0 Å². The number of halogens is 1. The van der Waals surface area contributed by atoms with E-state index >= 15 is 0 Å². The van der Waals surface area contributed by atoms with Crippen LogP contribution in [-0.4, -0.2) is 21.8 Å². The number of aromatic nitrogens is 2. The van der Waals surface area contributed by atoms with Gasteiger partial charge in [0.2, 0.25) is 0 Å². The molecule has 5 heteroatoms. The molecule has 0 atom stereocenters. The molecular weight excluding hydrogens is 250 g/mol. The number of aryl methyl sites for hydroxylation is 1. The van der Waals surface area contributed by atoms with Gasteiger partial charge in [-0.15, -0.1) is 0 Å². The van der Waals surface area contributed by atoms with E-state index in [1.165, 1.54) is 0 Å². The molecule has 0 bridgehead atoms. The highest BCUT2D eigenvalue weighted by Crippen LogP contribution is 2.28. The molecule has 1 aromatic heterocycles. The molecule has 0 aliphatic carbocycles. The minimum absolute atomic E-state index is 0.0537. The summed E-state index contributed by atoms with van der Waals surface area (Å²) in [6, 6.07) is 0. The van der Waals surface area contributed by atoms with Gasteiger partial charge in [0, 0.05) is 5.54 Å². The summed E-state index contributed by atoms with van der Waals surface area (Å²) in [6.45, 7) is 8.12. The summed E-state index contributed by atoms with van der Waals surface area (Å²) >= 11 is 5.97. The van der Waals surface area contributed by atoms with E-state index in [2.05, 4.69) is 36.1 Å². The number of nitrogens with one attached hydrogen (secondary N) is 1. The Labute approximate surface area is 113 Å². The van der Waals surface area contributed by atoms with Crippen molar-refractivity contribution in [2.75, 3.05) is 5.32 Å². The third kappa shape index (κ3) is 2.99. The number of aldehydes is 1. The van der Waals surface area contributed by atoms with Gasteiger partial charge < -0.3 is 5.32 Å². The summed E-state index contributed by atoms with van der Waals surface area (Å²) < 4.78 is 0. The Bertz CT molecular complexity index is 422. The first-order valence-electron chi connectivity index (χ1n) is 6.29. The summed E-state index contributed by atoms with van der Waals surface area (Å²) in [7, 11) is 0. The second-order valence-electron chi connectivity index (χ2n) is 4.41. The standard InChI is InChI=1S/C13H20ClN3O/c1-5-13(6-2,7-3)17-12-10(8-18)11(14)15-9(4)16-12/h8H,5-7H2,1-4H3,(H,15,16,17). The summed E-state index contributed by atoms with van der Waals surface area (Å²) in [5.41, 5.74) is 0.281. The minimum Gasteiger partial charge on any atom is -0.364 e. The summed E-state index contributed by atoms with van der Waals surface area (Å²) in [5, 5.41) is 3.58. The largest absolute Gasteiger partial charge is 0.364 e. The maximum Gasteiger partial charge on any atom is 0.156 e. The summed E-state index contributed by atoms with van der Waals surface area (Å²) in [6.07, 6.45) is 3.58. The molecule has 1 heterocycles. The Morgan fingerprint density at radius 3 is 2.22 bits per heavy atom. The van der Waals surface area contributed by atoms with Crippen LogP contribution in [0.25, 0.3) is 0 Å². The first kappa shape index (κ1) is 14.9. The average Bonchev–Trinajstić information content (AvgIpc) is 2.35. The zero-order valence-corrected chi connectivity index (χ0v) is 12.1. The van der Waals surface area contributed by atoms with Gasteiger partial charge in [-0.2, -0.15) is 0 Å². The number of hydrogen-bond donors (Lipinski definition) is 1. The van der Waals surface area contributed by atoms with Gasteiger partial charge in [-0.25, -0.2) is 9.97 Å². The van der Waals surface area contributed by atoms with Crippen LogP contribution in [0.1, 0.15) is 56.2 Å². The van der Waals surface area contributed by atoms with Gasteiger partial charge in [-0.05, 0) is 26.2 Å². The molecule has 0 aromatic carbocycles. The highest BCUT2D eigenvalue weighted by Gasteiger charge is 2.26. The van der Waals surface area contributed by atoms with Crippen LogP contribution in [0.3, 0.4) is 0 Å². The highest BCUT2D eigenvalue weighted by atomic mass is 35.5. The van der Waals surface area contributed by atoms with Gasteiger partial charge in [0.05, 0.1) is 5.56 Å². The average molecular weight is 270 g/mol. The van der Waals surface area contributed by atoms with Crippen LogP contribution in [0.2, 0.25) is 5.15 Å². The van der Waals surface area contributed by atoms with Crippen LogP contribution in [0, 0.1) is 6.92 Å². The molecular formula is C13H20ClN3O. The van der Waals surface area contributed by atoms with Gasteiger partial charge in [0.15, 0.2) is 6.29 Å². The Hall–Kier alpha value is -1.16. The van der Waals surface area contributed by atoms with Crippen molar-refractivity contribution in [2.45, 2.75) is 52.5 Å². The lowest BCUT2D eigenvalue weighted by atomic mass is 9.89. The second kappa shape index (κ2) is 6.14. The third-order valence-corrected chi connectivity index (χ3v) is 3.83. The molecule has 4 nitrogen and oxygen atoms in total. The van der Waals surface area contributed by atoms with Crippen molar-refractivity contribution in [3.05, 3.63) is 16.5 Å². The predicted molar refractivity (Wildman–Crippen MR) is 74.4 cm³/mol. The Morgan fingerprint density at radius 1 is 1.22 bits per heavy atom. The van der Waals surface area contributed by atoms with E-state index in [1.54, 1.807) is 6.92 Å². The number of nitrogens with zero attached hydrogens (tertiary/aromatic N) is 2. The SMILES string of the molecule is CCC(CC)(CC)Nc1nc(C)nc(Cl)c1C=O. The van der Waals surface area contributed by atoms with Crippen LogP contribution >= 0.6 is 11.6 Å². The Balaban J connectivity index is 3.20. The zero-order chi connectivity index (χ0) is 13.8. The molecule has 0 radical (unpaired) electrons. The van der Waals surface area contributed by atoms with Crippen LogP contribution in [0.15, 0.2) is 0 Å². The molecule has 0 amide bonds. The van der Waals surface area contributed by atoms with Crippen molar-refractivity contribution in [1.82, 2.24) is 9.97 Å². The molecule has 0 aliphatic heterocycles. The Morgan fingerprint density at radius 2 is 1.78 bits per heavy atom. The van der Waals surface area contributed by atoms with Gasteiger partial charge in [0.1, 0.15) is 16.8 Å². The quantitative estimate of drug-likeness (QED) is 0.633. The molecule has 100 valence electrons. The molecule has 18 heavy (non-hydrogen) atoms. The Kier molecular flexibility index (Phi) is 5.08. The van der Waals surface area contributed by atoms with E-state index in [0.717, 1.165) is 19.3 Å². The van der Waals surface area contributed by atoms with Crippen molar-refractivity contribution in [3.63, 3.8) is 0 Å². The van der Waals surface area contributed by atoms with E-state index in [9.17, 15) is 4.79 Å². The molecule has 0 unspecified atom stereocenters. The maximum atomic E-state index is 11.1. The maximum absolute atomic E-state index is 11.1. The van der Waals surface area contributed by atoms with Crippen LogP contribution in [-0.2, 0) is 0 Å². The smallest absolute Gasteiger partial charge is 0.156 e. The number of rotatable bonds is 6. The van der Waals surface area contributed by atoms with E-state index in [-0.39, 0.29) is 10.7 Å². The summed E-state index contributed by atoms with van der Waals surface area (Å²) in [4.78, 5) is 19.4. The zero-order valence-electron chi connectivity index (χ0n) is 11.4. The third-order valence-electron chi connectivity index (χ3n) is 3.54. The van der Waals surface area contributed by atoms with Gasteiger partial charge >= 0.3 is 0 Å². The number of hydrogen-bond acceptors (Lipinski definition) is 4. The molecule has 0 fully saturated rings. The van der Waals surface area contributed by atoms with Crippen molar-refractivity contribution in [2.24, 2.45) is 0 Å². The fourth-order valence-corrected chi connectivity index (χ4v) is 2.27. The number of carbonyl (C=O) groups is 1. The van der Waals surface area contributed by atoms with Crippen LogP contribution in [0.4, 0.5) is 5.82 Å². The lowest BCUT2D eigenvalue weighted by Gasteiger charge is -2.33. The normalized spacial score (nSPS) is 11.4. The fraction of sp³-hybridized carbons (Fsp3) is 0.615. The molecule has 0 aliphatic rings. The van der Waals surface area contributed by atoms with E-state index in [1.807, 2.05) is 0 Å². The fourth-order valence-electron chi connectivity index (χ4n) is 2.01. The topological polar surface area (TPSA) is 54.9 Å². The molecule has 1 rings (SSSR count). The monoisotopic (exact) mass is 269 g/mol. The first-order chi connectivity index (χ1) is 8.51. The van der Waals surface area contributed by atoms with Crippen molar-refractivity contribution in [3.8, 4) is 0 Å². The number of carbonyl (C=O) groups excluding carboxylic acids is 1. The molecule has 0 spiro atoms. The van der Waals surface area contributed by atoms with Gasteiger partial charge in [-0.3, -0.25) is 4.79 Å². The van der Waals surface area contributed by atoms with Crippen molar-refractivity contribution < 1.29 is 4.79 Å². The van der Waals surface area contributed by atoms with Gasteiger partial charge in [0.25, 0.3) is 0 Å². The van der Waals surface area contributed by atoms with E-state index < -0.39 is 0 Å². The lowest BCUT2D eigenvalue weighted by molar-refractivity contribution is 0.112. The van der Waals surface area contributed by atoms with E-state index in [0.29, 0.717) is 23.5 Å². The van der Waals surface area contributed by atoms with Crippen molar-refractivity contribution in [1.29, 1.82) is 0 Å².